The Kier molecular flexibility index (Phi) is 3.48. The van der Waals surface area contributed by atoms with E-state index in [1.165, 1.54) is 7.11 Å². The topological polar surface area (TPSA) is 46.5 Å². The molecule has 0 unspecified atom stereocenters. The van der Waals surface area contributed by atoms with Crippen molar-refractivity contribution in [1.29, 1.82) is 0 Å². The first-order chi connectivity index (χ1) is 7.15. The van der Waals surface area contributed by atoms with Crippen molar-refractivity contribution in [2.45, 2.75) is 12.5 Å². The first-order valence-corrected chi connectivity index (χ1v) is 4.45. The molecule has 1 N–H and O–H groups in total. The highest BCUT2D eigenvalue weighted by atomic mass is 16.5. The van der Waals surface area contributed by atoms with E-state index in [0.29, 0.717) is 5.56 Å². The van der Waals surface area contributed by atoms with Gasteiger partial charge >= 0.3 is 5.97 Å². The monoisotopic (exact) mass is 204 g/mol. The number of hydrogen-bond acceptors (Lipinski definition) is 3. The fourth-order valence-electron chi connectivity index (χ4n) is 1.25. The predicted molar refractivity (Wildman–Crippen MR) is 55.8 cm³/mol. The molecular formula is C12H12O3. The first-order valence-electron chi connectivity index (χ1n) is 4.45. The molecule has 0 bridgehead atoms. The molecule has 0 aliphatic carbocycles. The smallest absolute Gasteiger partial charge is 0.355 e. The van der Waals surface area contributed by atoms with Crippen molar-refractivity contribution in [1.82, 2.24) is 0 Å². The lowest BCUT2D eigenvalue weighted by atomic mass is 9.94. The Morgan fingerprint density at radius 3 is 2.47 bits per heavy atom. The Hall–Kier alpha value is -1.79. The highest BCUT2D eigenvalue weighted by molar-refractivity contribution is 5.84. The lowest BCUT2D eigenvalue weighted by Crippen LogP contribution is -2.35. The van der Waals surface area contributed by atoms with Gasteiger partial charge < -0.3 is 9.84 Å². The third-order valence-electron chi connectivity index (χ3n) is 1.98. The minimum absolute atomic E-state index is 0.409. The maximum absolute atomic E-state index is 11.4. The van der Waals surface area contributed by atoms with Crippen molar-refractivity contribution in [2.24, 2.45) is 0 Å². The van der Waals surface area contributed by atoms with Gasteiger partial charge in [-0.05, 0) is 6.92 Å². The Bertz CT molecular complexity index is 400. The molecule has 0 aromatic heterocycles. The second-order valence-electron chi connectivity index (χ2n) is 2.94. The first kappa shape index (κ1) is 11.3. The second kappa shape index (κ2) is 4.63. The summed E-state index contributed by atoms with van der Waals surface area (Å²) in [7, 11) is 1.22. The molecule has 0 saturated carbocycles. The van der Waals surface area contributed by atoms with E-state index in [-0.39, 0.29) is 0 Å². The molecule has 3 heteroatoms. The van der Waals surface area contributed by atoms with E-state index in [2.05, 4.69) is 16.6 Å². The van der Waals surface area contributed by atoms with Crippen LogP contribution < -0.4 is 0 Å². The van der Waals surface area contributed by atoms with E-state index >= 15 is 0 Å². The molecule has 0 heterocycles. The molecule has 0 spiro atoms. The molecule has 0 amide bonds. The maximum atomic E-state index is 11.4. The molecule has 0 saturated heterocycles. The highest BCUT2D eigenvalue weighted by Crippen LogP contribution is 2.21. The van der Waals surface area contributed by atoms with E-state index in [9.17, 15) is 9.90 Å². The minimum Gasteiger partial charge on any atom is -0.466 e. The molecule has 1 aromatic rings. The molecule has 3 nitrogen and oxygen atoms in total. The number of benzene rings is 1. The summed E-state index contributed by atoms with van der Waals surface area (Å²) in [6.45, 7) is 1.55. The van der Waals surface area contributed by atoms with Gasteiger partial charge in [0.1, 0.15) is 0 Å². The van der Waals surface area contributed by atoms with Gasteiger partial charge in [-0.2, -0.15) is 0 Å². The van der Waals surface area contributed by atoms with Crippen molar-refractivity contribution in [3.63, 3.8) is 0 Å². The van der Waals surface area contributed by atoms with Crippen LogP contribution in [0.5, 0.6) is 0 Å². The summed E-state index contributed by atoms with van der Waals surface area (Å²) in [4.78, 5) is 11.4. The average Bonchev–Trinajstić information content (AvgIpc) is 2.29. The van der Waals surface area contributed by atoms with Crippen molar-refractivity contribution in [3.05, 3.63) is 35.9 Å². The molecule has 0 fully saturated rings. The maximum Gasteiger partial charge on any atom is 0.355 e. The van der Waals surface area contributed by atoms with Crippen LogP contribution in [-0.2, 0) is 15.1 Å². The fourth-order valence-corrected chi connectivity index (χ4v) is 1.25. The van der Waals surface area contributed by atoms with Crippen LogP contribution in [-0.4, -0.2) is 18.2 Å². The predicted octanol–water partition coefficient (Wildman–Crippen LogP) is 1.07. The van der Waals surface area contributed by atoms with Gasteiger partial charge in [0, 0.05) is 5.56 Å². The normalized spacial score (nSPS) is 13.3. The van der Waals surface area contributed by atoms with E-state index in [4.69, 9.17) is 0 Å². The summed E-state index contributed by atoms with van der Waals surface area (Å²) in [5.74, 6) is 4.20. The van der Waals surface area contributed by atoms with Crippen LogP contribution in [0, 0.1) is 11.8 Å². The SMILES string of the molecule is CC#C[C@@](O)(C(=O)OC)c1ccccc1. The number of carbonyl (C=O) groups excluding carboxylic acids is 1. The number of carbonyl (C=O) groups is 1. The number of hydrogen-bond donors (Lipinski definition) is 1. The molecule has 1 atom stereocenters. The summed E-state index contributed by atoms with van der Waals surface area (Å²) in [6.07, 6.45) is 0. The van der Waals surface area contributed by atoms with Gasteiger partial charge in [0.25, 0.3) is 0 Å². The molecule has 0 aliphatic rings. The van der Waals surface area contributed by atoms with Crippen LogP contribution in [0.4, 0.5) is 0 Å². The van der Waals surface area contributed by atoms with Gasteiger partial charge in [-0.15, -0.1) is 5.92 Å². The molecule has 15 heavy (non-hydrogen) atoms. The van der Waals surface area contributed by atoms with Crippen molar-refractivity contribution in [2.75, 3.05) is 7.11 Å². The molecule has 1 rings (SSSR count). The van der Waals surface area contributed by atoms with Gasteiger partial charge in [-0.25, -0.2) is 4.79 Å². The van der Waals surface area contributed by atoms with Gasteiger partial charge in [0.05, 0.1) is 7.11 Å². The quantitative estimate of drug-likeness (QED) is 0.579. The summed E-state index contributed by atoms with van der Waals surface area (Å²) in [5, 5.41) is 10.1. The van der Waals surface area contributed by atoms with E-state index in [1.54, 1.807) is 37.3 Å². The summed E-state index contributed by atoms with van der Waals surface area (Å²) in [5.41, 5.74) is -1.46. The zero-order chi connectivity index (χ0) is 11.3. The second-order valence-corrected chi connectivity index (χ2v) is 2.94. The Morgan fingerprint density at radius 1 is 1.40 bits per heavy atom. The Morgan fingerprint density at radius 2 is 2.00 bits per heavy atom. The number of rotatable bonds is 2. The molecule has 78 valence electrons. The van der Waals surface area contributed by atoms with E-state index in [1.807, 2.05) is 0 Å². The number of esters is 1. The van der Waals surface area contributed by atoms with Crippen LogP contribution in [0.25, 0.3) is 0 Å². The fraction of sp³-hybridized carbons (Fsp3) is 0.250. The number of ether oxygens (including phenoxy) is 1. The standard InChI is InChI=1S/C12H12O3/c1-3-9-12(14,11(13)15-2)10-7-5-4-6-8-10/h4-8,14H,1-2H3/t12-/m0/s1. The van der Waals surface area contributed by atoms with Crippen LogP contribution in [0.3, 0.4) is 0 Å². The molecular weight excluding hydrogens is 192 g/mol. The lowest BCUT2D eigenvalue weighted by Gasteiger charge is -2.19. The van der Waals surface area contributed by atoms with Crippen LogP contribution in [0.15, 0.2) is 30.3 Å². The number of aliphatic hydroxyl groups is 1. The zero-order valence-corrected chi connectivity index (χ0v) is 8.65. The highest BCUT2D eigenvalue weighted by Gasteiger charge is 2.37. The summed E-state index contributed by atoms with van der Waals surface area (Å²) in [6, 6.07) is 8.49. The third-order valence-corrected chi connectivity index (χ3v) is 1.98. The van der Waals surface area contributed by atoms with E-state index in [0.717, 1.165) is 0 Å². The van der Waals surface area contributed by atoms with Crippen LogP contribution in [0.2, 0.25) is 0 Å². The van der Waals surface area contributed by atoms with Crippen molar-refractivity contribution >= 4 is 5.97 Å². The molecule has 1 aromatic carbocycles. The van der Waals surface area contributed by atoms with Gasteiger partial charge in [0.15, 0.2) is 0 Å². The molecule has 0 radical (unpaired) electrons. The van der Waals surface area contributed by atoms with Gasteiger partial charge in [-0.3, -0.25) is 0 Å². The van der Waals surface area contributed by atoms with Gasteiger partial charge in [-0.1, -0.05) is 36.3 Å². The Labute approximate surface area is 88.7 Å². The van der Waals surface area contributed by atoms with Crippen molar-refractivity contribution < 1.29 is 14.6 Å². The minimum atomic E-state index is -1.87. The third kappa shape index (κ3) is 2.17. The summed E-state index contributed by atoms with van der Waals surface area (Å²) < 4.78 is 4.53. The van der Waals surface area contributed by atoms with Crippen LogP contribution in [0.1, 0.15) is 12.5 Å². The van der Waals surface area contributed by atoms with Crippen molar-refractivity contribution in [3.8, 4) is 11.8 Å². The average molecular weight is 204 g/mol. The lowest BCUT2D eigenvalue weighted by molar-refractivity contribution is -0.157. The van der Waals surface area contributed by atoms with Gasteiger partial charge in [0.2, 0.25) is 5.60 Å². The Balaban J connectivity index is 3.23. The largest absolute Gasteiger partial charge is 0.466 e. The summed E-state index contributed by atoms with van der Waals surface area (Å²) >= 11 is 0. The number of methoxy groups -OCH3 is 1. The van der Waals surface area contributed by atoms with E-state index < -0.39 is 11.6 Å². The van der Waals surface area contributed by atoms with Crippen LogP contribution >= 0.6 is 0 Å². The zero-order valence-electron chi connectivity index (χ0n) is 8.65. The molecule has 0 aliphatic heterocycles.